The standard InChI is InChI=1S/C13H20N2O3S/c1-9(14)13(16)11-5-6-12-10(8-11)4-3-7-15(12)19(2,17)18/h5-6,8-9,13,16H,3-4,7,14H2,1-2H3. The maximum absolute atomic E-state index is 11.7. The summed E-state index contributed by atoms with van der Waals surface area (Å²) in [5, 5.41) is 9.97. The van der Waals surface area contributed by atoms with E-state index in [1.54, 1.807) is 19.1 Å². The van der Waals surface area contributed by atoms with E-state index in [9.17, 15) is 13.5 Å². The van der Waals surface area contributed by atoms with Crippen molar-refractivity contribution in [1.82, 2.24) is 0 Å². The number of benzene rings is 1. The lowest BCUT2D eigenvalue weighted by Gasteiger charge is -2.30. The summed E-state index contributed by atoms with van der Waals surface area (Å²) in [6, 6.07) is 5.01. The smallest absolute Gasteiger partial charge is 0.232 e. The van der Waals surface area contributed by atoms with Gasteiger partial charge in [-0.2, -0.15) is 0 Å². The Morgan fingerprint density at radius 1 is 1.42 bits per heavy atom. The van der Waals surface area contributed by atoms with Crippen molar-refractivity contribution in [2.75, 3.05) is 17.1 Å². The van der Waals surface area contributed by atoms with Gasteiger partial charge in [0.05, 0.1) is 18.0 Å². The molecule has 0 saturated carbocycles. The first-order chi connectivity index (χ1) is 8.80. The number of sulfonamides is 1. The van der Waals surface area contributed by atoms with Gasteiger partial charge in [-0.25, -0.2) is 8.42 Å². The average Bonchev–Trinajstić information content (AvgIpc) is 2.35. The minimum atomic E-state index is -3.24. The molecule has 2 atom stereocenters. The van der Waals surface area contributed by atoms with Crippen LogP contribution in [0.1, 0.15) is 30.6 Å². The van der Waals surface area contributed by atoms with Crippen molar-refractivity contribution in [3.05, 3.63) is 29.3 Å². The molecule has 0 amide bonds. The Hall–Kier alpha value is -1.11. The second-order valence-electron chi connectivity index (χ2n) is 5.13. The monoisotopic (exact) mass is 284 g/mol. The van der Waals surface area contributed by atoms with Crippen LogP contribution in [0.2, 0.25) is 0 Å². The second kappa shape index (κ2) is 5.11. The van der Waals surface area contributed by atoms with Gasteiger partial charge in [0.15, 0.2) is 0 Å². The Morgan fingerprint density at radius 2 is 2.11 bits per heavy atom. The zero-order valence-corrected chi connectivity index (χ0v) is 12.0. The molecule has 0 fully saturated rings. The van der Waals surface area contributed by atoms with E-state index >= 15 is 0 Å². The third kappa shape index (κ3) is 2.91. The number of hydrogen-bond donors (Lipinski definition) is 2. The van der Waals surface area contributed by atoms with Crippen LogP contribution in [0, 0.1) is 0 Å². The van der Waals surface area contributed by atoms with E-state index in [1.807, 2.05) is 6.07 Å². The number of nitrogens with two attached hydrogens (primary N) is 1. The molecule has 1 heterocycles. The summed E-state index contributed by atoms with van der Waals surface area (Å²) < 4.78 is 24.9. The predicted molar refractivity (Wildman–Crippen MR) is 75.6 cm³/mol. The molecule has 3 N–H and O–H groups in total. The molecular weight excluding hydrogens is 264 g/mol. The Labute approximate surface area is 114 Å². The van der Waals surface area contributed by atoms with Gasteiger partial charge in [-0.3, -0.25) is 4.31 Å². The third-order valence-corrected chi connectivity index (χ3v) is 4.60. The molecule has 6 heteroatoms. The Kier molecular flexibility index (Phi) is 3.85. The number of aliphatic hydroxyl groups excluding tert-OH is 1. The molecule has 0 spiro atoms. The number of nitrogens with zero attached hydrogens (tertiary/aromatic N) is 1. The molecule has 1 aromatic rings. The highest BCUT2D eigenvalue weighted by Crippen LogP contribution is 2.31. The number of anilines is 1. The van der Waals surface area contributed by atoms with Crippen LogP contribution >= 0.6 is 0 Å². The fraction of sp³-hybridized carbons (Fsp3) is 0.538. The molecule has 2 unspecified atom stereocenters. The molecule has 0 aliphatic carbocycles. The fourth-order valence-electron chi connectivity index (χ4n) is 2.41. The van der Waals surface area contributed by atoms with Gasteiger partial charge in [0, 0.05) is 12.6 Å². The number of aliphatic hydroxyl groups is 1. The maximum atomic E-state index is 11.7. The summed E-state index contributed by atoms with van der Waals surface area (Å²) in [7, 11) is -3.24. The first kappa shape index (κ1) is 14.3. The summed E-state index contributed by atoms with van der Waals surface area (Å²) >= 11 is 0. The van der Waals surface area contributed by atoms with Gasteiger partial charge in [-0.1, -0.05) is 12.1 Å². The summed E-state index contributed by atoms with van der Waals surface area (Å²) in [6.07, 6.45) is 2.10. The van der Waals surface area contributed by atoms with Crippen LogP contribution < -0.4 is 10.0 Å². The van der Waals surface area contributed by atoms with E-state index in [0.717, 1.165) is 29.7 Å². The largest absolute Gasteiger partial charge is 0.387 e. The van der Waals surface area contributed by atoms with Crippen molar-refractivity contribution >= 4 is 15.7 Å². The third-order valence-electron chi connectivity index (χ3n) is 3.42. The molecule has 1 aliphatic rings. The molecule has 0 bridgehead atoms. The SMILES string of the molecule is CC(N)C(O)c1ccc2c(c1)CCCN2S(C)(=O)=O. The molecule has 0 aromatic heterocycles. The Morgan fingerprint density at radius 3 is 2.68 bits per heavy atom. The van der Waals surface area contributed by atoms with Crippen LogP contribution in [0.25, 0.3) is 0 Å². The first-order valence-electron chi connectivity index (χ1n) is 6.35. The maximum Gasteiger partial charge on any atom is 0.232 e. The van der Waals surface area contributed by atoms with E-state index in [1.165, 1.54) is 10.6 Å². The lowest BCUT2D eigenvalue weighted by Crippen LogP contribution is -2.34. The lowest BCUT2D eigenvalue weighted by molar-refractivity contribution is 0.153. The van der Waals surface area contributed by atoms with Gasteiger partial charge in [0.2, 0.25) is 10.0 Å². The molecule has 1 aromatic carbocycles. The number of rotatable bonds is 3. The van der Waals surface area contributed by atoms with Crippen molar-refractivity contribution in [3.63, 3.8) is 0 Å². The average molecular weight is 284 g/mol. The van der Waals surface area contributed by atoms with E-state index in [4.69, 9.17) is 5.73 Å². The number of fused-ring (bicyclic) bond motifs is 1. The first-order valence-corrected chi connectivity index (χ1v) is 8.19. The lowest BCUT2D eigenvalue weighted by atomic mass is 9.96. The van der Waals surface area contributed by atoms with E-state index in [0.29, 0.717) is 6.54 Å². The molecule has 5 nitrogen and oxygen atoms in total. The Bertz CT molecular complexity index is 569. The van der Waals surface area contributed by atoms with Gasteiger partial charge < -0.3 is 10.8 Å². The minimum absolute atomic E-state index is 0.354. The normalized spacial score (nSPS) is 18.8. The van der Waals surface area contributed by atoms with Crippen LogP contribution in [-0.2, 0) is 16.4 Å². The van der Waals surface area contributed by atoms with Crippen LogP contribution in [0.3, 0.4) is 0 Å². The van der Waals surface area contributed by atoms with Crippen LogP contribution in [0.4, 0.5) is 5.69 Å². The predicted octanol–water partition coefficient (Wildman–Crippen LogP) is 0.779. The summed E-state index contributed by atoms with van der Waals surface area (Å²) in [6.45, 7) is 2.26. The summed E-state index contributed by atoms with van der Waals surface area (Å²) in [5.41, 5.74) is 8.09. The van der Waals surface area contributed by atoms with E-state index < -0.39 is 16.1 Å². The Balaban J connectivity index is 2.41. The highest BCUT2D eigenvalue weighted by Gasteiger charge is 2.25. The molecule has 0 radical (unpaired) electrons. The topological polar surface area (TPSA) is 83.6 Å². The minimum Gasteiger partial charge on any atom is -0.387 e. The molecule has 1 aliphatic heterocycles. The van der Waals surface area contributed by atoms with E-state index in [2.05, 4.69) is 0 Å². The van der Waals surface area contributed by atoms with Gasteiger partial charge in [-0.15, -0.1) is 0 Å². The van der Waals surface area contributed by atoms with Crippen molar-refractivity contribution in [2.45, 2.75) is 31.9 Å². The van der Waals surface area contributed by atoms with Crippen molar-refractivity contribution < 1.29 is 13.5 Å². The second-order valence-corrected chi connectivity index (χ2v) is 7.04. The number of aryl methyl sites for hydroxylation is 1. The fourth-order valence-corrected chi connectivity index (χ4v) is 3.41. The molecular formula is C13H20N2O3S. The van der Waals surface area contributed by atoms with Gasteiger partial charge in [-0.05, 0) is 37.0 Å². The molecule has 2 rings (SSSR count). The van der Waals surface area contributed by atoms with Crippen molar-refractivity contribution in [1.29, 1.82) is 0 Å². The van der Waals surface area contributed by atoms with Gasteiger partial charge in [0.1, 0.15) is 0 Å². The molecule has 0 saturated heterocycles. The molecule has 19 heavy (non-hydrogen) atoms. The highest BCUT2D eigenvalue weighted by atomic mass is 32.2. The van der Waals surface area contributed by atoms with Gasteiger partial charge >= 0.3 is 0 Å². The molecule has 106 valence electrons. The van der Waals surface area contributed by atoms with Crippen LogP contribution in [0.5, 0.6) is 0 Å². The number of hydrogen-bond acceptors (Lipinski definition) is 4. The van der Waals surface area contributed by atoms with Gasteiger partial charge in [0.25, 0.3) is 0 Å². The van der Waals surface area contributed by atoms with Crippen molar-refractivity contribution in [3.8, 4) is 0 Å². The summed E-state index contributed by atoms with van der Waals surface area (Å²) in [5.74, 6) is 0. The zero-order chi connectivity index (χ0) is 14.2. The van der Waals surface area contributed by atoms with Crippen LogP contribution in [-0.4, -0.2) is 32.4 Å². The van der Waals surface area contributed by atoms with E-state index in [-0.39, 0.29) is 6.04 Å². The van der Waals surface area contributed by atoms with Crippen LogP contribution in [0.15, 0.2) is 18.2 Å². The quantitative estimate of drug-likeness (QED) is 0.859. The highest BCUT2D eigenvalue weighted by molar-refractivity contribution is 7.92. The zero-order valence-electron chi connectivity index (χ0n) is 11.2. The summed E-state index contributed by atoms with van der Waals surface area (Å²) in [4.78, 5) is 0. The van der Waals surface area contributed by atoms with Crippen molar-refractivity contribution in [2.24, 2.45) is 5.73 Å².